The van der Waals surface area contributed by atoms with E-state index in [1.165, 1.54) is 12.1 Å². The Hall–Kier alpha value is -4.85. The Kier molecular flexibility index (Phi) is 6.59. The zero-order valence-electron chi connectivity index (χ0n) is 21.4. The second-order valence-corrected chi connectivity index (χ2v) is 9.36. The number of pyridine rings is 1. The van der Waals surface area contributed by atoms with Gasteiger partial charge < -0.3 is 14.5 Å². The molecule has 0 atom stereocenters. The average molecular weight is 520 g/mol. The third-order valence-corrected chi connectivity index (χ3v) is 7.01. The molecular weight excluding hydrogens is 493 g/mol. The number of anilines is 1. The van der Waals surface area contributed by atoms with Gasteiger partial charge in [-0.25, -0.2) is 14.4 Å². The Balaban J connectivity index is 1.25. The lowest BCUT2D eigenvalue weighted by Gasteiger charge is -2.35. The van der Waals surface area contributed by atoms with E-state index < -0.39 is 0 Å². The molecule has 0 aliphatic carbocycles. The topological polar surface area (TPSA) is 71.5 Å². The number of carbonyl (C=O) groups excluding carboxylic acids is 1. The molecule has 3 aromatic carbocycles. The normalized spacial score (nSPS) is 13.5. The number of hydrogen-bond acceptors (Lipinski definition) is 6. The molecule has 2 aromatic heterocycles. The van der Waals surface area contributed by atoms with Crippen molar-refractivity contribution < 1.29 is 13.9 Å². The van der Waals surface area contributed by atoms with Crippen molar-refractivity contribution in [1.82, 2.24) is 19.9 Å². The Morgan fingerprint density at radius 2 is 1.56 bits per heavy atom. The minimum absolute atomic E-state index is 0.118. The summed E-state index contributed by atoms with van der Waals surface area (Å²) in [4.78, 5) is 31.2. The summed E-state index contributed by atoms with van der Waals surface area (Å²) in [5, 5.41) is 1.09. The lowest BCUT2D eigenvalue weighted by Crippen LogP contribution is -2.49. The molecule has 0 bridgehead atoms. The van der Waals surface area contributed by atoms with Crippen molar-refractivity contribution in [2.24, 2.45) is 0 Å². The van der Waals surface area contributed by atoms with Gasteiger partial charge in [-0.2, -0.15) is 0 Å². The van der Waals surface area contributed by atoms with Crippen molar-refractivity contribution in [3.8, 4) is 28.1 Å². The molecule has 7 nitrogen and oxygen atoms in total. The van der Waals surface area contributed by atoms with Gasteiger partial charge in [0.25, 0.3) is 5.91 Å². The Morgan fingerprint density at radius 3 is 2.31 bits per heavy atom. The van der Waals surface area contributed by atoms with Crippen LogP contribution in [0.1, 0.15) is 10.6 Å². The number of nitrogens with zero attached hydrogens (tertiary/aromatic N) is 5. The molecule has 5 aromatic rings. The molecule has 1 amide bonds. The number of benzene rings is 3. The van der Waals surface area contributed by atoms with Gasteiger partial charge in [0, 0.05) is 48.9 Å². The molecule has 6 rings (SSSR count). The smallest absolute Gasteiger partial charge is 0.291 e. The summed E-state index contributed by atoms with van der Waals surface area (Å²) in [6.07, 6.45) is 3.55. The van der Waals surface area contributed by atoms with Gasteiger partial charge >= 0.3 is 0 Å². The van der Waals surface area contributed by atoms with Crippen LogP contribution in [0.15, 0.2) is 91.3 Å². The average Bonchev–Trinajstić information content (AvgIpc) is 3.01. The molecule has 0 N–H and O–H groups in total. The Labute approximate surface area is 225 Å². The minimum Gasteiger partial charge on any atom is -0.497 e. The fraction of sp³-hybridized carbons (Fsp3) is 0.161. The van der Waals surface area contributed by atoms with E-state index in [9.17, 15) is 9.18 Å². The van der Waals surface area contributed by atoms with Crippen molar-refractivity contribution in [2.45, 2.75) is 0 Å². The standard InChI is InChI=1S/C31H26FN5O2/c1-39-26-12-8-21(9-13-26)27-20-34-30(35-29(27)22-6-10-24(32)11-7-22)31(38)37-16-14-36(15-17-37)25-18-23-4-2-3-5-28(23)33-19-25/h2-13,18-20H,14-17H2,1H3. The van der Waals surface area contributed by atoms with Gasteiger partial charge in [0.1, 0.15) is 11.6 Å². The van der Waals surface area contributed by atoms with Crippen LogP contribution < -0.4 is 9.64 Å². The van der Waals surface area contributed by atoms with E-state index in [1.54, 1.807) is 30.3 Å². The zero-order chi connectivity index (χ0) is 26.8. The first-order valence-electron chi connectivity index (χ1n) is 12.8. The summed E-state index contributed by atoms with van der Waals surface area (Å²) < 4.78 is 19.0. The number of piperazine rings is 1. The van der Waals surface area contributed by atoms with Crippen LogP contribution in [0.25, 0.3) is 33.3 Å². The number of ether oxygens (including phenoxy) is 1. The van der Waals surface area contributed by atoms with Gasteiger partial charge in [-0.1, -0.05) is 30.3 Å². The number of hydrogen-bond donors (Lipinski definition) is 0. The van der Waals surface area contributed by atoms with Gasteiger partial charge in [-0.05, 0) is 54.1 Å². The van der Waals surface area contributed by atoms with E-state index in [2.05, 4.69) is 27.0 Å². The van der Waals surface area contributed by atoms with Crippen LogP contribution in [0.3, 0.4) is 0 Å². The van der Waals surface area contributed by atoms with Crippen molar-refractivity contribution in [1.29, 1.82) is 0 Å². The summed E-state index contributed by atoms with van der Waals surface area (Å²) in [5.41, 5.74) is 4.88. The summed E-state index contributed by atoms with van der Waals surface area (Å²) in [7, 11) is 1.61. The highest BCUT2D eigenvalue weighted by Gasteiger charge is 2.25. The van der Waals surface area contributed by atoms with Crippen LogP contribution in [0, 0.1) is 5.82 Å². The van der Waals surface area contributed by atoms with Gasteiger partial charge in [0.05, 0.1) is 30.2 Å². The fourth-order valence-corrected chi connectivity index (χ4v) is 4.84. The van der Waals surface area contributed by atoms with Gasteiger partial charge in [0.2, 0.25) is 5.82 Å². The number of carbonyl (C=O) groups is 1. The molecule has 1 saturated heterocycles. The molecule has 0 saturated carbocycles. The monoisotopic (exact) mass is 519 g/mol. The molecule has 3 heterocycles. The summed E-state index contributed by atoms with van der Waals surface area (Å²) in [5.74, 6) is 0.284. The summed E-state index contributed by atoms with van der Waals surface area (Å²) in [6.45, 7) is 2.45. The van der Waals surface area contributed by atoms with Crippen molar-refractivity contribution in [3.63, 3.8) is 0 Å². The molecule has 0 unspecified atom stereocenters. The van der Waals surface area contributed by atoms with Crippen LogP contribution in [0.5, 0.6) is 5.75 Å². The molecule has 39 heavy (non-hydrogen) atoms. The first kappa shape index (κ1) is 24.5. The molecule has 194 valence electrons. The molecular formula is C31H26FN5O2. The summed E-state index contributed by atoms with van der Waals surface area (Å²) in [6, 6.07) is 23.8. The third-order valence-electron chi connectivity index (χ3n) is 7.01. The van der Waals surface area contributed by atoms with Crippen molar-refractivity contribution >= 4 is 22.5 Å². The number of halogens is 1. The maximum absolute atomic E-state index is 13.7. The first-order valence-corrected chi connectivity index (χ1v) is 12.8. The van der Waals surface area contributed by atoms with E-state index in [4.69, 9.17) is 9.72 Å². The van der Waals surface area contributed by atoms with Crippen LogP contribution >= 0.6 is 0 Å². The highest BCUT2D eigenvalue weighted by atomic mass is 19.1. The van der Waals surface area contributed by atoms with E-state index in [1.807, 2.05) is 48.7 Å². The van der Waals surface area contributed by atoms with Crippen LogP contribution in [-0.2, 0) is 0 Å². The molecule has 0 radical (unpaired) electrons. The second kappa shape index (κ2) is 10.5. The lowest BCUT2D eigenvalue weighted by atomic mass is 10.0. The highest BCUT2D eigenvalue weighted by molar-refractivity contribution is 5.92. The zero-order valence-corrected chi connectivity index (χ0v) is 21.4. The number of amides is 1. The minimum atomic E-state index is -0.338. The third kappa shape index (κ3) is 5.01. The first-order chi connectivity index (χ1) is 19.1. The quantitative estimate of drug-likeness (QED) is 0.307. The van der Waals surface area contributed by atoms with Gasteiger partial charge in [0.15, 0.2) is 0 Å². The van der Waals surface area contributed by atoms with Crippen LogP contribution in [-0.4, -0.2) is 59.0 Å². The maximum atomic E-state index is 13.7. The van der Waals surface area contributed by atoms with E-state index in [0.29, 0.717) is 37.4 Å². The number of fused-ring (bicyclic) bond motifs is 1. The fourth-order valence-electron chi connectivity index (χ4n) is 4.84. The highest BCUT2D eigenvalue weighted by Crippen LogP contribution is 2.31. The molecule has 1 fully saturated rings. The molecule has 1 aliphatic heterocycles. The SMILES string of the molecule is COc1ccc(-c2cnc(C(=O)N3CCN(c4cnc5ccccc5c4)CC3)nc2-c2ccc(F)cc2)cc1. The maximum Gasteiger partial charge on any atom is 0.291 e. The predicted octanol–water partition coefficient (Wildman–Crippen LogP) is 5.47. The van der Waals surface area contributed by atoms with Gasteiger partial charge in [-0.15, -0.1) is 0 Å². The number of methoxy groups -OCH3 is 1. The van der Waals surface area contributed by atoms with Crippen molar-refractivity contribution in [2.75, 3.05) is 38.2 Å². The Morgan fingerprint density at radius 1 is 0.846 bits per heavy atom. The largest absolute Gasteiger partial charge is 0.497 e. The second-order valence-electron chi connectivity index (χ2n) is 9.36. The number of para-hydroxylation sites is 1. The number of rotatable bonds is 5. The molecule has 8 heteroatoms. The lowest BCUT2D eigenvalue weighted by molar-refractivity contribution is 0.0734. The Bertz CT molecular complexity index is 1630. The van der Waals surface area contributed by atoms with E-state index >= 15 is 0 Å². The predicted molar refractivity (Wildman–Crippen MR) is 149 cm³/mol. The van der Waals surface area contributed by atoms with Gasteiger partial charge in [-0.3, -0.25) is 9.78 Å². The van der Waals surface area contributed by atoms with E-state index in [-0.39, 0.29) is 17.5 Å². The molecule has 0 spiro atoms. The van der Waals surface area contributed by atoms with E-state index in [0.717, 1.165) is 33.5 Å². The van der Waals surface area contributed by atoms with Crippen molar-refractivity contribution in [3.05, 3.63) is 103 Å². The number of aromatic nitrogens is 3. The van der Waals surface area contributed by atoms with Crippen LogP contribution in [0.4, 0.5) is 10.1 Å². The molecule has 1 aliphatic rings. The van der Waals surface area contributed by atoms with Crippen LogP contribution in [0.2, 0.25) is 0 Å². The summed E-state index contributed by atoms with van der Waals surface area (Å²) >= 11 is 0.